The lowest BCUT2D eigenvalue weighted by molar-refractivity contribution is -0.134. The molecule has 23 heavy (non-hydrogen) atoms. The Hall–Kier alpha value is -1.89. The van der Waals surface area contributed by atoms with Crippen molar-refractivity contribution in [1.29, 1.82) is 0 Å². The van der Waals surface area contributed by atoms with E-state index in [1.165, 1.54) is 0 Å². The molecule has 0 aromatic carbocycles. The second-order valence-corrected chi connectivity index (χ2v) is 6.53. The molecule has 0 bridgehead atoms. The van der Waals surface area contributed by atoms with Crippen molar-refractivity contribution in [3.8, 4) is 0 Å². The third kappa shape index (κ3) is 3.72. The van der Waals surface area contributed by atoms with Gasteiger partial charge in [-0.1, -0.05) is 12.1 Å². The number of carbonyl (C=O) groups is 2. The molecule has 3 rings (SSSR count). The number of piperidine rings is 1. The highest BCUT2D eigenvalue weighted by Crippen LogP contribution is 2.40. The molecule has 0 radical (unpaired) electrons. The molecule has 7 heteroatoms. The van der Waals surface area contributed by atoms with Gasteiger partial charge in [-0.25, -0.2) is 0 Å². The van der Waals surface area contributed by atoms with Crippen LogP contribution in [0.3, 0.4) is 0 Å². The van der Waals surface area contributed by atoms with E-state index in [9.17, 15) is 14.7 Å². The van der Waals surface area contributed by atoms with E-state index < -0.39 is 5.60 Å². The third-order valence-corrected chi connectivity index (χ3v) is 4.67. The smallest absolute Gasteiger partial charge is 0.273 e. The van der Waals surface area contributed by atoms with Gasteiger partial charge in [-0.05, 0) is 25.7 Å². The van der Waals surface area contributed by atoms with Crippen molar-refractivity contribution in [3.05, 3.63) is 17.5 Å². The van der Waals surface area contributed by atoms with E-state index in [0.29, 0.717) is 38.3 Å². The predicted octanol–water partition coefficient (Wildman–Crippen LogP) is 1.05. The van der Waals surface area contributed by atoms with Crippen LogP contribution in [-0.4, -0.2) is 52.2 Å². The first-order valence-electron chi connectivity index (χ1n) is 8.26. The third-order valence-electron chi connectivity index (χ3n) is 4.67. The second kappa shape index (κ2) is 6.31. The fraction of sp³-hybridized carbons (Fsp3) is 0.688. The Labute approximate surface area is 135 Å². The molecule has 1 aromatic rings. The van der Waals surface area contributed by atoms with Gasteiger partial charge in [0.25, 0.3) is 5.91 Å². The van der Waals surface area contributed by atoms with Crippen molar-refractivity contribution in [2.75, 3.05) is 19.6 Å². The van der Waals surface area contributed by atoms with Crippen LogP contribution in [0.15, 0.2) is 10.6 Å². The molecule has 7 nitrogen and oxygen atoms in total. The van der Waals surface area contributed by atoms with Crippen LogP contribution in [0, 0.1) is 0 Å². The summed E-state index contributed by atoms with van der Waals surface area (Å²) in [6.07, 6.45) is 3.58. The van der Waals surface area contributed by atoms with Crippen molar-refractivity contribution in [1.82, 2.24) is 15.4 Å². The fourth-order valence-electron chi connectivity index (χ4n) is 2.86. The van der Waals surface area contributed by atoms with E-state index in [1.54, 1.807) is 11.0 Å². The van der Waals surface area contributed by atoms with Crippen LogP contribution in [0.5, 0.6) is 0 Å². The number of amides is 2. The fourth-order valence-corrected chi connectivity index (χ4v) is 2.86. The molecule has 1 aliphatic heterocycles. The zero-order valence-corrected chi connectivity index (χ0v) is 13.4. The van der Waals surface area contributed by atoms with Gasteiger partial charge >= 0.3 is 0 Å². The van der Waals surface area contributed by atoms with Gasteiger partial charge in [-0.3, -0.25) is 9.59 Å². The lowest BCUT2D eigenvalue weighted by atomic mass is 9.91. The molecule has 126 valence electrons. The summed E-state index contributed by atoms with van der Waals surface area (Å²) in [5.74, 6) is 0.946. The maximum atomic E-state index is 12.1. The van der Waals surface area contributed by atoms with Gasteiger partial charge in [0.2, 0.25) is 5.91 Å². The van der Waals surface area contributed by atoms with Crippen LogP contribution < -0.4 is 5.32 Å². The van der Waals surface area contributed by atoms with Crippen LogP contribution >= 0.6 is 0 Å². The summed E-state index contributed by atoms with van der Waals surface area (Å²) in [6, 6.07) is 1.68. The first-order valence-corrected chi connectivity index (χ1v) is 8.26. The van der Waals surface area contributed by atoms with Crippen LogP contribution in [0.25, 0.3) is 0 Å². The summed E-state index contributed by atoms with van der Waals surface area (Å²) in [4.78, 5) is 25.5. The molecule has 1 aromatic heterocycles. The molecule has 2 heterocycles. The number of rotatable bonds is 5. The summed E-state index contributed by atoms with van der Waals surface area (Å²) in [5.41, 5.74) is -0.711. The lowest BCUT2D eigenvalue weighted by Gasteiger charge is -2.38. The van der Waals surface area contributed by atoms with Crippen LogP contribution in [0.1, 0.15) is 61.2 Å². The molecule has 0 unspecified atom stereocenters. The number of hydrogen-bond donors (Lipinski definition) is 2. The van der Waals surface area contributed by atoms with Crippen molar-refractivity contribution in [2.45, 2.75) is 50.5 Å². The van der Waals surface area contributed by atoms with Crippen LogP contribution in [0.2, 0.25) is 0 Å². The minimum Gasteiger partial charge on any atom is -0.388 e. The van der Waals surface area contributed by atoms with Gasteiger partial charge in [-0.15, -0.1) is 0 Å². The Morgan fingerprint density at radius 2 is 2.13 bits per heavy atom. The summed E-state index contributed by atoms with van der Waals surface area (Å²) in [6.45, 7) is 3.03. The quantitative estimate of drug-likeness (QED) is 0.845. The van der Waals surface area contributed by atoms with Crippen molar-refractivity contribution >= 4 is 11.8 Å². The van der Waals surface area contributed by atoms with E-state index in [-0.39, 0.29) is 24.1 Å². The average molecular weight is 321 g/mol. The number of carbonyl (C=O) groups excluding carboxylic acids is 2. The van der Waals surface area contributed by atoms with Gasteiger partial charge in [0.15, 0.2) is 5.69 Å². The average Bonchev–Trinajstić information content (AvgIpc) is 3.30. The molecule has 2 amide bonds. The highest BCUT2D eigenvalue weighted by Gasteiger charge is 2.34. The van der Waals surface area contributed by atoms with Gasteiger partial charge in [0, 0.05) is 38.0 Å². The van der Waals surface area contributed by atoms with Crippen LogP contribution in [0.4, 0.5) is 0 Å². The number of likely N-dealkylation sites (tertiary alicyclic amines) is 1. The zero-order valence-electron chi connectivity index (χ0n) is 13.4. The SMILES string of the molecule is CCC(=O)N1CCC(O)(CNC(=O)c2cc(C3CC3)on2)CC1. The van der Waals surface area contributed by atoms with Crippen LogP contribution in [-0.2, 0) is 4.79 Å². The Morgan fingerprint density at radius 3 is 2.74 bits per heavy atom. The minimum atomic E-state index is -0.969. The van der Waals surface area contributed by atoms with E-state index in [4.69, 9.17) is 4.52 Å². The highest BCUT2D eigenvalue weighted by atomic mass is 16.5. The number of aliphatic hydroxyl groups is 1. The van der Waals surface area contributed by atoms with E-state index in [1.807, 2.05) is 6.92 Å². The number of nitrogens with zero attached hydrogens (tertiary/aromatic N) is 2. The monoisotopic (exact) mass is 321 g/mol. The Bertz CT molecular complexity index is 586. The van der Waals surface area contributed by atoms with Gasteiger partial charge < -0.3 is 19.8 Å². The molecule has 2 fully saturated rings. The van der Waals surface area contributed by atoms with E-state index in [0.717, 1.165) is 18.6 Å². The van der Waals surface area contributed by atoms with Crippen molar-refractivity contribution < 1.29 is 19.2 Å². The largest absolute Gasteiger partial charge is 0.388 e. The second-order valence-electron chi connectivity index (χ2n) is 6.53. The number of hydrogen-bond acceptors (Lipinski definition) is 5. The highest BCUT2D eigenvalue weighted by molar-refractivity contribution is 5.92. The molecule has 0 atom stereocenters. The molecule has 2 aliphatic rings. The zero-order chi connectivity index (χ0) is 16.4. The normalized spacial score (nSPS) is 20.3. The summed E-state index contributed by atoms with van der Waals surface area (Å²) >= 11 is 0. The molecule has 0 spiro atoms. The summed E-state index contributed by atoms with van der Waals surface area (Å²) < 4.78 is 5.16. The molecular formula is C16H23N3O4. The van der Waals surface area contributed by atoms with Gasteiger partial charge in [0.1, 0.15) is 5.76 Å². The van der Waals surface area contributed by atoms with Crippen molar-refractivity contribution in [3.63, 3.8) is 0 Å². The molecule has 2 N–H and O–H groups in total. The van der Waals surface area contributed by atoms with E-state index in [2.05, 4.69) is 10.5 Å². The minimum absolute atomic E-state index is 0.103. The Kier molecular flexibility index (Phi) is 4.39. The maximum Gasteiger partial charge on any atom is 0.273 e. The molecular weight excluding hydrogens is 298 g/mol. The summed E-state index contributed by atoms with van der Waals surface area (Å²) in [7, 11) is 0. The maximum absolute atomic E-state index is 12.1. The van der Waals surface area contributed by atoms with Gasteiger partial charge in [0.05, 0.1) is 5.60 Å². The van der Waals surface area contributed by atoms with Gasteiger partial charge in [-0.2, -0.15) is 0 Å². The summed E-state index contributed by atoms with van der Waals surface area (Å²) in [5, 5.41) is 17.1. The molecule has 1 saturated heterocycles. The lowest BCUT2D eigenvalue weighted by Crippen LogP contribution is -2.52. The van der Waals surface area contributed by atoms with E-state index >= 15 is 0 Å². The molecule has 1 aliphatic carbocycles. The topological polar surface area (TPSA) is 95.7 Å². The first kappa shape index (κ1) is 16.0. The standard InChI is InChI=1S/C16H23N3O4/c1-2-14(20)19-7-5-16(22,6-8-19)10-17-15(21)12-9-13(23-18-12)11-3-4-11/h9,11,22H,2-8,10H2,1H3,(H,17,21). The Balaban J connectivity index is 1.49. The predicted molar refractivity (Wildman–Crippen MR) is 81.9 cm³/mol. The van der Waals surface area contributed by atoms with Crippen molar-refractivity contribution in [2.24, 2.45) is 0 Å². The number of aromatic nitrogens is 1. The molecule has 1 saturated carbocycles. The first-order chi connectivity index (χ1) is 11.0. The number of nitrogens with one attached hydrogen (secondary N) is 1. The Morgan fingerprint density at radius 1 is 1.43 bits per heavy atom.